The van der Waals surface area contributed by atoms with Crippen LogP contribution in [0.4, 0.5) is 4.39 Å². The van der Waals surface area contributed by atoms with Crippen LogP contribution in [0.3, 0.4) is 0 Å². The molecule has 0 fully saturated rings. The Morgan fingerprint density at radius 3 is 2.62 bits per heavy atom. The lowest BCUT2D eigenvalue weighted by atomic mass is 10.3. The van der Waals surface area contributed by atoms with Crippen LogP contribution < -0.4 is 9.46 Å². The molecule has 0 aliphatic heterocycles. The summed E-state index contributed by atoms with van der Waals surface area (Å²) in [5, 5.41) is 0. The Hall–Kier alpha value is -1.86. The molecule has 0 aliphatic carbocycles. The number of furan rings is 1. The highest BCUT2D eigenvalue weighted by atomic mass is 32.2. The Morgan fingerprint density at radius 2 is 1.95 bits per heavy atom. The maximum Gasteiger partial charge on any atom is 0.212 e. The Kier molecular flexibility index (Phi) is 5.35. The molecule has 1 N–H and O–H groups in total. The number of halogens is 1. The molecule has 114 valence electrons. The van der Waals surface area contributed by atoms with Gasteiger partial charge in [-0.25, -0.2) is 17.5 Å². The second-order valence-electron chi connectivity index (χ2n) is 4.38. The topological polar surface area (TPSA) is 68.5 Å². The van der Waals surface area contributed by atoms with Crippen LogP contribution in [0.2, 0.25) is 0 Å². The van der Waals surface area contributed by atoms with Gasteiger partial charge in [-0.05, 0) is 42.8 Å². The predicted octanol–water partition coefficient (Wildman–Crippen LogP) is 2.31. The van der Waals surface area contributed by atoms with E-state index in [-0.39, 0.29) is 24.7 Å². The summed E-state index contributed by atoms with van der Waals surface area (Å²) in [5.41, 5.74) is 0. The fourth-order valence-electron chi connectivity index (χ4n) is 1.64. The minimum absolute atomic E-state index is 0.0467. The molecule has 0 bridgehead atoms. The monoisotopic (exact) mass is 313 g/mol. The van der Waals surface area contributed by atoms with E-state index in [0.717, 1.165) is 0 Å². The van der Waals surface area contributed by atoms with Gasteiger partial charge in [0.15, 0.2) is 0 Å². The van der Waals surface area contributed by atoms with E-state index in [0.29, 0.717) is 17.9 Å². The molecule has 7 heteroatoms. The second kappa shape index (κ2) is 7.24. The van der Waals surface area contributed by atoms with Crippen LogP contribution >= 0.6 is 0 Å². The van der Waals surface area contributed by atoms with Gasteiger partial charge >= 0.3 is 0 Å². The summed E-state index contributed by atoms with van der Waals surface area (Å²) in [6, 6.07) is 8.96. The van der Waals surface area contributed by atoms with E-state index in [4.69, 9.17) is 9.15 Å². The number of sulfonamides is 1. The minimum atomic E-state index is -3.37. The van der Waals surface area contributed by atoms with Crippen LogP contribution in [0.5, 0.6) is 5.75 Å². The molecule has 1 aromatic heterocycles. The Morgan fingerprint density at radius 1 is 1.19 bits per heavy atom. The van der Waals surface area contributed by atoms with Crippen molar-refractivity contribution in [2.24, 2.45) is 0 Å². The normalized spacial score (nSPS) is 11.5. The molecule has 2 rings (SSSR count). The molecular formula is C14H16FNO4S. The van der Waals surface area contributed by atoms with E-state index in [1.54, 1.807) is 12.1 Å². The first-order valence-corrected chi connectivity index (χ1v) is 8.08. The zero-order valence-corrected chi connectivity index (χ0v) is 12.1. The SMILES string of the molecule is O=S(=O)(CCCOc1ccc(F)cc1)NCc1ccco1. The molecule has 0 spiro atoms. The van der Waals surface area contributed by atoms with Crippen molar-refractivity contribution in [3.05, 3.63) is 54.2 Å². The molecule has 0 atom stereocenters. The van der Waals surface area contributed by atoms with Crippen molar-refractivity contribution < 1.29 is 22.0 Å². The first-order chi connectivity index (χ1) is 10.1. The predicted molar refractivity (Wildman–Crippen MR) is 75.8 cm³/mol. The molecule has 5 nitrogen and oxygen atoms in total. The van der Waals surface area contributed by atoms with Gasteiger partial charge in [0.05, 0.1) is 25.2 Å². The second-order valence-corrected chi connectivity index (χ2v) is 6.30. The van der Waals surface area contributed by atoms with Crippen LogP contribution in [0.25, 0.3) is 0 Å². The Bertz CT molecular complexity index is 638. The van der Waals surface area contributed by atoms with Crippen molar-refractivity contribution in [1.29, 1.82) is 0 Å². The highest BCUT2D eigenvalue weighted by Gasteiger charge is 2.10. The Balaban J connectivity index is 1.68. The summed E-state index contributed by atoms with van der Waals surface area (Å²) < 4.78 is 48.9. The van der Waals surface area contributed by atoms with Crippen LogP contribution in [0.1, 0.15) is 12.2 Å². The number of ether oxygens (including phenoxy) is 1. The third kappa shape index (κ3) is 5.57. The molecule has 0 saturated heterocycles. The zero-order valence-electron chi connectivity index (χ0n) is 11.3. The third-order valence-electron chi connectivity index (χ3n) is 2.69. The summed E-state index contributed by atoms with van der Waals surface area (Å²) in [6.45, 7) is 0.376. The largest absolute Gasteiger partial charge is 0.494 e. The maximum absolute atomic E-state index is 12.7. The first-order valence-electron chi connectivity index (χ1n) is 6.43. The van der Waals surface area contributed by atoms with Gasteiger partial charge in [-0.3, -0.25) is 0 Å². The van der Waals surface area contributed by atoms with Gasteiger partial charge in [0.25, 0.3) is 0 Å². The molecule has 1 heterocycles. The van der Waals surface area contributed by atoms with Crippen LogP contribution in [-0.2, 0) is 16.6 Å². The summed E-state index contributed by atoms with van der Waals surface area (Å²) in [7, 11) is -3.37. The minimum Gasteiger partial charge on any atom is -0.494 e. The first kappa shape index (κ1) is 15.5. The van der Waals surface area contributed by atoms with Crippen molar-refractivity contribution in [3.63, 3.8) is 0 Å². The average Bonchev–Trinajstić information content (AvgIpc) is 2.97. The molecule has 0 unspecified atom stereocenters. The van der Waals surface area contributed by atoms with Crippen molar-refractivity contribution in [2.45, 2.75) is 13.0 Å². The molecular weight excluding hydrogens is 297 g/mol. The lowest BCUT2D eigenvalue weighted by Crippen LogP contribution is -2.26. The number of benzene rings is 1. The lowest BCUT2D eigenvalue weighted by Gasteiger charge is -2.07. The van der Waals surface area contributed by atoms with Crippen LogP contribution in [-0.4, -0.2) is 20.8 Å². The van der Waals surface area contributed by atoms with Gasteiger partial charge in [0.2, 0.25) is 10.0 Å². The quantitative estimate of drug-likeness (QED) is 0.759. The number of hydrogen-bond donors (Lipinski definition) is 1. The van der Waals surface area contributed by atoms with Gasteiger partial charge in [0, 0.05) is 0 Å². The Labute approximate surface area is 122 Å². The van der Waals surface area contributed by atoms with Gasteiger partial charge in [-0.1, -0.05) is 0 Å². The van der Waals surface area contributed by atoms with Crippen LogP contribution in [0.15, 0.2) is 47.1 Å². The van der Waals surface area contributed by atoms with Crippen LogP contribution in [0, 0.1) is 5.82 Å². The third-order valence-corrected chi connectivity index (χ3v) is 4.10. The fourth-order valence-corrected chi connectivity index (χ4v) is 2.64. The van der Waals surface area contributed by atoms with Gasteiger partial charge in [0.1, 0.15) is 17.3 Å². The molecule has 0 radical (unpaired) electrons. The zero-order chi connectivity index (χ0) is 15.1. The summed E-state index contributed by atoms with van der Waals surface area (Å²) in [4.78, 5) is 0. The van der Waals surface area contributed by atoms with Crippen molar-refractivity contribution in [1.82, 2.24) is 4.72 Å². The highest BCUT2D eigenvalue weighted by Crippen LogP contribution is 2.11. The maximum atomic E-state index is 12.7. The van der Waals surface area contributed by atoms with E-state index >= 15 is 0 Å². The fraction of sp³-hybridized carbons (Fsp3) is 0.286. The van der Waals surface area contributed by atoms with Crippen molar-refractivity contribution in [2.75, 3.05) is 12.4 Å². The van der Waals surface area contributed by atoms with Gasteiger partial charge in [-0.15, -0.1) is 0 Å². The smallest absolute Gasteiger partial charge is 0.212 e. The molecule has 0 aliphatic rings. The van der Waals surface area contributed by atoms with E-state index in [1.165, 1.54) is 30.5 Å². The summed E-state index contributed by atoms with van der Waals surface area (Å²) in [6.07, 6.45) is 1.82. The lowest BCUT2D eigenvalue weighted by molar-refractivity contribution is 0.317. The van der Waals surface area contributed by atoms with Crippen molar-refractivity contribution in [3.8, 4) is 5.75 Å². The molecule has 21 heavy (non-hydrogen) atoms. The number of hydrogen-bond acceptors (Lipinski definition) is 4. The summed E-state index contributed by atoms with van der Waals surface area (Å²) >= 11 is 0. The van der Waals surface area contributed by atoms with E-state index in [1.807, 2.05) is 0 Å². The molecule has 0 saturated carbocycles. The molecule has 0 amide bonds. The van der Waals surface area contributed by atoms with E-state index in [9.17, 15) is 12.8 Å². The van der Waals surface area contributed by atoms with E-state index < -0.39 is 10.0 Å². The van der Waals surface area contributed by atoms with E-state index in [2.05, 4.69) is 4.72 Å². The molecule has 2 aromatic rings. The molecule has 1 aromatic carbocycles. The highest BCUT2D eigenvalue weighted by molar-refractivity contribution is 7.89. The average molecular weight is 313 g/mol. The number of nitrogens with one attached hydrogen (secondary N) is 1. The standard InChI is InChI=1S/C14H16FNO4S/c15-12-4-6-13(7-5-12)19-9-2-10-21(17,18)16-11-14-3-1-8-20-14/h1,3-8,16H,2,9-11H2. The summed E-state index contributed by atoms with van der Waals surface area (Å²) in [5.74, 6) is 0.681. The number of rotatable bonds is 8. The van der Waals surface area contributed by atoms with Gasteiger partial charge in [-0.2, -0.15) is 0 Å². The van der Waals surface area contributed by atoms with Crippen molar-refractivity contribution >= 4 is 10.0 Å². The van der Waals surface area contributed by atoms with Gasteiger partial charge < -0.3 is 9.15 Å².